The fourth-order valence-corrected chi connectivity index (χ4v) is 2.47. The molecule has 0 bridgehead atoms. The Kier molecular flexibility index (Phi) is 5.68. The lowest BCUT2D eigenvalue weighted by Crippen LogP contribution is -2.19. The minimum absolute atomic E-state index is 0.00510. The van der Waals surface area contributed by atoms with Gasteiger partial charge in [0.25, 0.3) is 0 Å². The average molecular weight is 393 g/mol. The highest BCUT2D eigenvalue weighted by Crippen LogP contribution is 2.25. The molecule has 3 aromatic rings. The summed E-state index contributed by atoms with van der Waals surface area (Å²) in [6.45, 7) is 7.51. The molecule has 3 rings (SSSR count). The fourth-order valence-electron chi connectivity index (χ4n) is 2.47. The van der Waals surface area contributed by atoms with Crippen LogP contribution in [0.3, 0.4) is 0 Å². The molecular weight excluding hydrogens is 370 g/mol. The second kappa shape index (κ2) is 8.18. The van der Waals surface area contributed by atoms with Crippen molar-refractivity contribution >= 4 is 23.3 Å². The molecule has 0 fully saturated rings. The second-order valence-electron chi connectivity index (χ2n) is 7.61. The first-order chi connectivity index (χ1) is 13.7. The van der Waals surface area contributed by atoms with Gasteiger partial charge in [-0.1, -0.05) is 25.9 Å². The predicted octanol–water partition coefficient (Wildman–Crippen LogP) is 5.61. The van der Waals surface area contributed by atoms with Gasteiger partial charge in [-0.25, -0.2) is 4.79 Å². The van der Waals surface area contributed by atoms with Crippen LogP contribution in [0.4, 0.5) is 16.3 Å². The summed E-state index contributed by atoms with van der Waals surface area (Å²) in [7, 11) is 0. The third kappa shape index (κ3) is 5.44. The summed E-state index contributed by atoms with van der Waals surface area (Å²) >= 11 is 0. The molecule has 0 spiro atoms. The van der Waals surface area contributed by atoms with Crippen LogP contribution in [0.25, 0.3) is 0 Å². The van der Waals surface area contributed by atoms with E-state index in [1.807, 2.05) is 20.8 Å². The molecule has 0 atom stereocenters. The van der Waals surface area contributed by atoms with Crippen molar-refractivity contribution in [3.05, 3.63) is 65.9 Å². The van der Waals surface area contributed by atoms with E-state index in [-0.39, 0.29) is 11.2 Å². The Morgan fingerprint density at radius 1 is 0.931 bits per heavy atom. The highest BCUT2D eigenvalue weighted by atomic mass is 16.5. The van der Waals surface area contributed by atoms with Gasteiger partial charge in [0, 0.05) is 22.7 Å². The van der Waals surface area contributed by atoms with E-state index < -0.39 is 6.03 Å². The lowest BCUT2D eigenvalue weighted by molar-refractivity contribution is 0.101. The lowest BCUT2D eigenvalue weighted by atomic mass is 9.93. The van der Waals surface area contributed by atoms with Gasteiger partial charge >= 0.3 is 6.03 Å². The van der Waals surface area contributed by atoms with E-state index in [1.54, 1.807) is 54.6 Å². The third-order valence-corrected chi connectivity index (χ3v) is 4.10. The average Bonchev–Trinajstić information content (AvgIpc) is 3.12. The maximum absolute atomic E-state index is 12.1. The molecule has 2 N–H and O–H groups in total. The Balaban J connectivity index is 1.56. The summed E-state index contributed by atoms with van der Waals surface area (Å²) in [4.78, 5) is 23.5. The molecule has 0 saturated carbocycles. The quantitative estimate of drug-likeness (QED) is 0.550. The largest absolute Gasteiger partial charge is 0.457 e. The maximum atomic E-state index is 12.1. The number of benzene rings is 2. The minimum atomic E-state index is -0.424. The Morgan fingerprint density at radius 3 is 2.03 bits per heavy atom. The van der Waals surface area contributed by atoms with E-state index in [0.717, 1.165) is 0 Å². The van der Waals surface area contributed by atoms with E-state index in [1.165, 1.54) is 6.92 Å². The summed E-state index contributed by atoms with van der Waals surface area (Å²) in [6.07, 6.45) is 0. The van der Waals surface area contributed by atoms with Crippen LogP contribution in [-0.2, 0) is 5.41 Å². The van der Waals surface area contributed by atoms with Gasteiger partial charge in [-0.2, -0.15) is 0 Å². The van der Waals surface area contributed by atoms with Gasteiger partial charge in [-0.3, -0.25) is 10.1 Å². The zero-order valence-electron chi connectivity index (χ0n) is 16.8. The van der Waals surface area contributed by atoms with E-state index in [4.69, 9.17) is 9.26 Å². The number of amides is 2. The molecule has 0 aliphatic rings. The third-order valence-electron chi connectivity index (χ3n) is 4.10. The molecule has 0 unspecified atom stereocenters. The van der Waals surface area contributed by atoms with Crippen LogP contribution in [-0.4, -0.2) is 17.0 Å². The number of nitrogens with one attached hydrogen (secondary N) is 2. The number of hydrogen-bond acceptors (Lipinski definition) is 5. The van der Waals surface area contributed by atoms with Crippen molar-refractivity contribution in [3.63, 3.8) is 0 Å². The first kappa shape index (κ1) is 20.1. The van der Waals surface area contributed by atoms with Gasteiger partial charge in [0.05, 0.1) is 0 Å². The zero-order valence-corrected chi connectivity index (χ0v) is 16.8. The van der Waals surface area contributed by atoms with Gasteiger partial charge < -0.3 is 14.6 Å². The van der Waals surface area contributed by atoms with Gasteiger partial charge in [-0.15, -0.1) is 0 Å². The smallest absolute Gasteiger partial charge is 0.324 e. The first-order valence-corrected chi connectivity index (χ1v) is 9.15. The number of anilines is 2. The molecule has 0 saturated heterocycles. The Labute approximate surface area is 169 Å². The van der Waals surface area contributed by atoms with Crippen LogP contribution in [0.1, 0.15) is 43.8 Å². The van der Waals surface area contributed by atoms with Crippen molar-refractivity contribution in [2.24, 2.45) is 0 Å². The Bertz CT molecular complexity index is 1000. The van der Waals surface area contributed by atoms with Crippen molar-refractivity contribution in [2.45, 2.75) is 33.1 Å². The molecule has 2 aromatic carbocycles. The fraction of sp³-hybridized carbons (Fsp3) is 0.227. The van der Waals surface area contributed by atoms with Crippen LogP contribution in [0.5, 0.6) is 11.5 Å². The highest BCUT2D eigenvalue weighted by Gasteiger charge is 2.20. The summed E-state index contributed by atoms with van der Waals surface area (Å²) in [5.41, 5.74) is 1.04. The number of urea groups is 1. The minimum Gasteiger partial charge on any atom is -0.457 e. The number of aromatic nitrogens is 1. The van der Waals surface area contributed by atoms with Crippen LogP contribution < -0.4 is 15.4 Å². The summed E-state index contributed by atoms with van der Waals surface area (Å²) in [6, 6.07) is 15.1. The highest BCUT2D eigenvalue weighted by molar-refractivity contribution is 5.99. The summed E-state index contributed by atoms with van der Waals surface area (Å²) < 4.78 is 11.0. The van der Waals surface area contributed by atoms with Crippen molar-refractivity contribution in [1.82, 2.24) is 5.16 Å². The standard InChI is InChI=1S/C22H23N3O4/c1-14(26)15-5-9-17(10-6-15)28-18-11-7-16(8-12-18)23-21(27)24-20-13-19(29-25-20)22(2,3)4/h5-13H,1-4H3,(H2,23,24,25,27). The van der Waals surface area contributed by atoms with E-state index in [2.05, 4.69) is 15.8 Å². The van der Waals surface area contributed by atoms with E-state index in [9.17, 15) is 9.59 Å². The molecule has 1 heterocycles. The molecule has 1 aromatic heterocycles. The molecule has 150 valence electrons. The zero-order chi connectivity index (χ0) is 21.0. The number of hydrogen-bond donors (Lipinski definition) is 2. The monoisotopic (exact) mass is 393 g/mol. The molecule has 2 amide bonds. The number of rotatable bonds is 5. The van der Waals surface area contributed by atoms with Crippen LogP contribution in [0.2, 0.25) is 0 Å². The Hall–Kier alpha value is -3.61. The molecular formula is C22H23N3O4. The van der Waals surface area contributed by atoms with Gasteiger partial charge in [0.1, 0.15) is 17.3 Å². The SMILES string of the molecule is CC(=O)c1ccc(Oc2ccc(NC(=O)Nc3cc(C(C)(C)C)on3)cc2)cc1. The number of carbonyl (C=O) groups excluding carboxylic acids is 2. The van der Waals surface area contributed by atoms with Crippen molar-refractivity contribution in [3.8, 4) is 11.5 Å². The van der Waals surface area contributed by atoms with Gasteiger partial charge in [0.2, 0.25) is 0 Å². The number of ether oxygens (including phenoxy) is 1. The topological polar surface area (TPSA) is 93.5 Å². The molecule has 7 heteroatoms. The number of Topliss-reactive ketones (excluding diaryl/α,β-unsaturated/α-hetero) is 1. The van der Waals surface area contributed by atoms with Crippen molar-refractivity contribution < 1.29 is 18.8 Å². The molecule has 0 radical (unpaired) electrons. The number of carbonyl (C=O) groups is 2. The van der Waals surface area contributed by atoms with Crippen LogP contribution >= 0.6 is 0 Å². The number of nitrogens with zero attached hydrogens (tertiary/aromatic N) is 1. The summed E-state index contributed by atoms with van der Waals surface area (Å²) in [5.74, 6) is 2.27. The van der Waals surface area contributed by atoms with E-state index >= 15 is 0 Å². The molecule has 0 aliphatic carbocycles. The van der Waals surface area contributed by atoms with Gasteiger partial charge in [0.15, 0.2) is 11.6 Å². The lowest BCUT2D eigenvalue weighted by Gasteiger charge is -2.12. The maximum Gasteiger partial charge on any atom is 0.324 e. The van der Waals surface area contributed by atoms with Crippen LogP contribution in [0, 0.1) is 0 Å². The molecule has 29 heavy (non-hydrogen) atoms. The molecule has 7 nitrogen and oxygen atoms in total. The van der Waals surface area contributed by atoms with Crippen molar-refractivity contribution in [2.75, 3.05) is 10.6 Å². The van der Waals surface area contributed by atoms with Crippen molar-refractivity contribution in [1.29, 1.82) is 0 Å². The molecule has 0 aliphatic heterocycles. The summed E-state index contributed by atoms with van der Waals surface area (Å²) in [5, 5.41) is 9.22. The number of ketones is 1. The van der Waals surface area contributed by atoms with E-state index in [0.29, 0.717) is 34.3 Å². The normalized spacial score (nSPS) is 11.0. The first-order valence-electron chi connectivity index (χ1n) is 9.15. The van der Waals surface area contributed by atoms with Crippen LogP contribution in [0.15, 0.2) is 59.1 Å². The Morgan fingerprint density at radius 2 is 1.52 bits per heavy atom. The van der Waals surface area contributed by atoms with Gasteiger partial charge in [-0.05, 0) is 55.5 Å². The predicted molar refractivity (Wildman–Crippen MR) is 111 cm³/mol. The second-order valence-corrected chi connectivity index (χ2v) is 7.61.